The smallest absolute Gasteiger partial charge is 0.327 e. The number of hydrogen-bond donors (Lipinski definition) is 2. The van der Waals surface area contributed by atoms with Crippen molar-refractivity contribution in [2.24, 2.45) is 11.7 Å². The number of H-pyrrole nitrogens is 1. The molecule has 0 aromatic carbocycles. The Balaban J connectivity index is 1.97. The second-order valence-electron chi connectivity index (χ2n) is 4.77. The average molecular weight is 256 g/mol. The molecule has 1 aliphatic rings. The molecule has 2 rings (SSSR count). The lowest BCUT2D eigenvalue weighted by Crippen LogP contribution is -2.30. The number of aromatic amines is 1. The van der Waals surface area contributed by atoms with E-state index in [1.807, 2.05) is 0 Å². The van der Waals surface area contributed by atoms with Gasteiger partial charge in [0.25, 0.3) is 0 Å². The largest absolute Gasteiger partial charge is 0.344 e. The predicted octanol–water partition coefficient (Wildman–Crippen LogP) is 1.37. The molecule has 96 valence electrons. The Labute approximate surface area is 105 Å². The predicted molar refractivity (Wildman–Crippen MR) is 69.3 cm³/mol. The van der Waals surface area contributed by atoms with E-state index in [1.54, 1.807) is 16.3 Å². The number of hydrogen-bond acceptors (Lipinski definition) is 4. The maximum atomic E-state index is 11.6. The van der Waals surface area contributed by atoms with E-state index in [2.05, 4.69) is 24.0 Å². The van der Waals surface area contributed by atoms with E-state index in [1.165, 1.54) is 0 Å². The van der Waals surface area contributed by atoms with E-state index in [9.17, 15) is 4.79 Å². The van der Waals surface area contributed by atoms with Crippen LogP contribution in [0.15, 0.2) is 9.95 Å². The van der Waals surface area contributed by atoms with E-state index >= 15 is 0 Å². The highest BCUT2D eigenvalue weighted by atomic mass is 32.2. The van der Waals surface area contributed by atoms with Crippen LogP contribution in [0.25, 0.3) is 0 Å². The molecular formula is C11H20N4OS. The molecule has 0 saturated heterocycles. The number of nitrogens with zero attached hydrogens (tertiary/aromatic N) is 2. The zero-order valence-electron chi connectivity index (χ0n) is 10.3. The Morgan fingerprint density at radius 2 is 2.35 bits per heavy atom. The molecule has 1 aliphatic carbocycles. The highest BCUT2D eigenvalue weighted by molar-refractivity contribution is 7.99. The minimum Gasteiger partial charge on any atom is -0.327 e. The van der Waals surface area contributed by atoms with Gasteiger partial charge in [-0.15, -0.1) is 5.10 Å². The van der Waals surface area contributed by atoms with Crippen LogP contribution in [0.4, 0.5) is 0 Å². The maximum Gasteiger partial charge on any atom is 0.344 e. The van der Waals surface area contributed by atoms with Crippen molar-refractivity contribution in [3.63, 3.8) is 0 Å². The summed E-state index contributed by atoms with van der Waals surface area (Å²) in [5.41, 5.74) is 5.99. The van der Waals surface area contributed by atoms with Crippen molar-refractivity contribution in [3.05, 3.63) is 10.5 Å². The van der Waals surface area contributed by atoms with Crippen LogP contribution >= 0.6 is 11.8 Å². The first-order valence-electron chi connectivity index (χ1n) is 6.18. The minimum absolute atomic E-state index is 0.0906. The molecule has 1 fully saturated rings. The third-order valence-electron chi connectivity index (χ3n) is 3.36. The van der Waals surface area contributed by atoms with Gasteiger partial charge in [-0.25, -0.2) is 9.89 Å². The van der Waals surface area contributed by atoms with Crippen LogP contribution in [0.1, 0.15) is 39.2 Å². The highest BCUT2D eigenvalue weighted by Gasteiger charge is 2.28. The Kier molecular flexibility index (Phi) is 3.93. The molecule has 17 heavy (non-hydrogen) atoms. The van der Waals surface area contributed by atoms with Crippen molar-refractivity contribution in [2.45, 2.75) is 50.4 Å². The van der Waals surface area contributed by atoms with Crippen molar-refractivity contribution in [1.82, 2.24) is 14.8 Å². The first-order chi connectivity index (χ1) is 8.13. The van der Waals surface area contributed by atoms with E-state index < -0.39 is 0 Å². The second kappa shape index (κ2) is 5.27. The van der Waals surface area contributed by atoms with Gasteiger partial charge < -0.3 is 5.73 Å². The molecule has 0 radical (unpaired) electrons. The molecule has 0 amide bonds. The number of nitrogens with two attached hydrogens (primary N) is 1. The third kappa shape index (κ3) is 2.93. The average Bonchev–Trinajstić information content (AvgIpc) is 3.09. The summed E-state index contributed by atoms with van der Waals surface area (Å²) in [5.74, 6) is 1.31. The van der Waals surface area contributed by atoms with E-state index in [0.717, 1.165) is 30.2 Å². The summed E-state index contributed by atoms with van der Waals surface area (Å²) >= 11 is 1.58. The summed E-state index contributed by atoms with van der Waals surface area (Å²) in [5, 5.41) is 7.38. The van der Waals surface area contributed by atoms with Crippen molar-refractivity contribution in [1.29, 1.82) is 0 Å². The van der Waals surface area contributed by atoms with Gasteiger partial charge in [-0.3, -0.25) is 4.57 Å². The van der Waals surface area contributed by atoms with Crippen molar-refractivity contribution >= 4 is 11.8 Å². The standard InChI is InChI=1S/C11H20N4OS/c1-3-7(2)9(12)6-17-11-14-13-10(16)15(11)8-4-5-8/h7-9H,3-6,12H2,1-2H3,(H,13,16). The van der Waals surface area contributed by atoms with Gasteiger partial charge in [0.15, 0.2) is 5.16 Å². The van der Waals surface area contributed by atoms with Gasteiger partial charge in [-0.05, 0) is 18.8 Å². The van der Waals surface area contributed by atoms with Gasteiger partial charge in [0.1, 0.15) is 0 Å². The van der Waals surface area contributed by atoms with Crippen molar-refractivity contribution < 1.29 is 0 Å². The Morgan fingerprint density at radius 1 is 1.65 bits per heavy atom. The van der Waals surface area contributed by atoms with Crippen LogP contribution < -0.4 is 11.4 Å². The fraction of sp³-hybridized carbons (Fsp3) is 0.818. The van der Waals surface area contributed by atoms with E-state index in [-0.39, 0.29) is 11.7 Å². The van der Waals surface area contributed by atoms with E-state index in [0.29, 0.717) is 12.0 Å². The number of nitrogens with one attached hydrogen (secondary N) is 1. The molecule has 1 saturated carbocycles. The Hall–Kier alpha value is -0.750. The van der Waals surface area contributed by atoms with Crippen molar-refractivity contribution in [2.75, 3.05) is 5.75 Å². The molecule has 1 heterocycles. The lowest BCUT2D eigenvalue weighted by Gasteiger charge is -2.17. The second-order valence-corrected chi connectivity index (χ2v) is 5.76. The molecule has 1 aromatic rings. The molecule has 3 N–H and O–H groups in total. The summed E-state index contributed by atoms with van der Waals surface area (Å²) in [4.78, 5) is 11.6. The molecule has 0 aliphatic heterocycles. The van der Waals surface area contributed by atoms with Crippen LogP contribution in [0.3, 0.4) is 0 Å². The fourth-order valence-corrected chi connectivity index (χ4v) is 2.84. The number of aromatic nitrogens is 3. The molecule has 1 aromatic heterocycles. The molecular weight excluding hydrogens is 236 g/mol. The van der Waals surface area contributed by atoms with Crippen LogP contribution in [0.5, 0.6) is 0 Å². The zero-order valence-corrected chi connectivity index (χ0v) is 11.2. The van der Waals surface area contributed by atoms with E-state index in [4.69, 9.17) is 5.73 Å². The summed E-state index contributed by atoms with van der Waals surface area (Å²) in [6, 6.07) is 0.521. The molecule has 6 heteroatoms. The Bertz CT molecular complexity index is 423. The number of thioether (sulfide) groups is 1. The topological polar surface area (TPSA) is 76.7 Å². The summed E-state index contributed by atoms with van der Waals surface area (Å²) in [6.45, 7) is 4.30. The maximum absolute atomic E-state index is 11.6. The first kappa shape index (κ1) is 12.7. The normalized spacial score (nSPS) is 19.2. The summed E-state index contributed by atoms with van der Waals surface area (Å²) < 4.78 is 1.77. The summed E-state index contributed by atoms with van der Waals surface area (Å²) in [6.07, 6.45) is 3.26. The van der Waals surface area contributed by atoms with Crippen LogP contribution in [0, 0.1) is 5.92 Å². The van der Waals surface area contributed by atoms with Gasteiger partial charge in [0.05, 0.1) is 0 Å². The van der Waals surface area contributed by atoms with Gasteiger partial charge in [-0.2, -0.15) is 0 Å². The SMILES string of the molecule is CCC(C)C(N)CSc1n[nH]c(=O)n1C1CC1. The molecule has 5 nitrogen and oxygen atoms in total. The van der Waals surface area contributed by atoms with Crippen molar-refractivity contribution in [3.8, 4) is 0 Å². The third-order valence-corrected chi connectivity index (χ3v) is 4.46. The quantitative estimate of drug-likeness (QED) is 0.754. The fourth-order valence-electron chi connectivity index (χ4n) is 1.68. The summed E-state index contributed by atoms with van der Waals surface area (Å²) in [7, 11) is 0. The Morgan fingerprint density at radius 3 is 2.94 bits per heavy atom. The van der Waals surface area contributed by atoms with Crippen LogP contribution in [-0.2, 0) is 0 Å². The lowest BCUT2D eigenvalue weighted by molar-refractivity contribution is 0.475. The highest BCUT2D eigenvalue weighted by Crippen LogP contribution is 2.36. The molecule has 2 unspecified atom stereocenters. The van der Waals surface area contributed by atoms with Gasteiger partial charge >= 0.3 is 5.69 Å². The van der Waals surface area contributed by atoms with Crippen LogP contribution in [-0.4, -0.2) is 26.6 Å². The van der Waals surface area contributed by atoms with Gasteiger partial charge in [-0.1, -0.05) is 32.0 Å². The van der Waals surface area contributed by atoms with Gasteiger partial charge in [0.2, 0.25) is 0 Å². The first-order valence-corrected chi connectivity index (χ1v) is 7.17. The van der Waals surface area contributed by atoms with Crippen LogP contribution in [0.2, 0.25) is 0 Å². The monoisotopic (exact) mass is 256 g/mol. The molecule has 0 spiro atoms. The molecule has 2 atom stereocenters. The minimum atomic E-state index is -0.0906. The zero-order chi connectivity index (χ0) is 12.4. The lowest BCUT2D eigenvalue weighted by atomic mass is 10.0. The van der Waals surface area contributed by atoms with Gasteiger partial charge in [0, 0.05) is 17.8 Å². The number of rotatable bonds is 6. The molecule has 0 bridgehead atoms.